The lowest BCUT2D eigenvalue weighted by molar-refractivity contribution is -0.166. The van der Waals surface area contributed by atoms with E-state index < -0.39 is 0 Å². The van der Waals surface area contributed by atoms with Crippen molar-refractivity contribution < 1.29 is 9.53 Å². The van der Waals surface area contributed by atoms with Gasteiger partial charge in [-0.3, -0.25) is 4.79 Å². The third-order valence-corrected chi connectivity index (χ3v) is 5.02. The number of unbranched alkanes of at least 4 members (excludes halogenated alkanes) is 1. The van der Waals surface area contributed by atoms with Gasteiger partial charge in [-0.2, -0.15) is 0 Å². The molecule has 0 heterocycles. The molecule has 3 unspecified atom stereocenters. The molecule has 2 saturated carbocycles. The predicted octanol–water partition coefficient (Wildman–Crippen LogP) is 4.47. The minimum absolute atomic E-state index is 0.0830. The van der Waals surface area contributed by atoms with Crippen LogP contribution in [0, 0.1) is 11.8 Å². The Morgan fingerprint density at radius 1 is 1.22 bits per heavy atom. The first-order chi connectivity index (χ1) is 8.65. The Hall–Kier alpha value is -0.530. The Balaban J connectivity index is 2.02. The maximum Gasteiger partial charge on any atom is 0.303 e. The van der Waals surface area contributed by atoms with Crippen LogP contribution in [0.2, 0.25) is 0 Å². The molecule has 2 nitrogen and oxygen atoms in total. The number of ether oxygens (including phenoxy) is 1. The van der Waals surface area contributed by atoms with Crippen molar-refractivity contribution in [3.63, 3.8) is 0 Å². The monoisotopic (exact) mass is 252 g/mol. The summed E-state index contributed by atoms with van der Waals surface area (Å²) < 4.78 is 5.79. The number of fused-ring (bicyclic) bond motifs is 1. The molecule has 2 rings (SSSR count). The van der Waals surface area contributed by atoms with Gasteiger partial charge < -0.3 is 4.74 Å². The van der Waals surface area contributed by atoms with Crippen LogP contribution in [0.3, 0.4) is 0 Å². The number of hydrogen-bond donors (Lipinski definition) is 0. The highest BCUT2D eigenvalue weighted by molar-refractivity contribution is 5.66. The molecule has 0 aliphatic heterocycles. The molecular formula is C16H28O2. The smallest absolute Gasteiger partial charge is 0.303 e. The van der Waals surface area contributed by atoms with Crippen LogP contribution in [0.1, 0.15) is 78.1 Å². The summed E-state index contributed by atoms with van der Waals surface area (Å²) in [4.78, 5) is 11.4. The third kappa shape index (κ3) is 3.27. The van der Waals surface area contributed by atoms with E-state index in [0.717, 1.165) is 31.1 Å². The van der Waals surface area contributed by atoms with Gasteiger partial charge in [-0.1, -0.05) is 39.0 Å². The van der Waals surface area contributed by atoms with E-state index in [1.54, 1.807) is 6.92 Å². The number of carbonyl (C=O) groups excluding carboxylic acids is 1. The van der Waals surface area contributed by atoms with Crippen LogP contribution >= 0.6 is 0 Å². The molecule has 104 valence electrons. The van der Waals surface area contributed by atoms with E-state index in [4.69, 9.17) is 4.74 Å². The summed E-state index contributed by atoms with van der Waals surface area (Å²) in [7, 11) is 0. The molecule has 3 atom stereocenters. The molecule has 0 bridgehead atoms. The Morgan fingerprint density at radius 2 is 1.94 bits per heavy atom. The van der Waals surface area contributed by atoms with Gasteiger partial charge in [0, 0.05) is 6.92 Å². The van der Waals surface area contributed by atoms with Gasteiger partial charge in [0.15, 0.2) is 0 Å². The fourth-order valence-corrected chi connectivity index (χ4v) is 4.14. The number of rotatable bonds is 4. The number of esters is 1. The van der Waals surface area contributed by atoms with Gasteiger partial charge in [0.2, 0.25) is 0 Å². The van der Waals surface area contributed by atoms with E-state index in [9.17, 15) is 4.79 Å². The second kappa shape index (κ2) is 6.08. The SMILES string of the molecule is CCCCC1(OC(C)=O)CCC2CCCCC2C1. The van der Waals surface area contributed by atoms with Crippen LogP contribution in [0.25, 0.3) is 0 Å². The van der Waals surface area contributed by atoms with E-state index in [1.165, 1.54) is 44.9 Å². The molecule has 0 aromatic rings. The summed E-state index contributed by atoms with van der Waals surface area (Å²) >= 11 is 0. The molecular weight excluding hydrogens is 224 g/mol. The van der Waals surface area contributed by atoms with Gasteiger partial charge >= 0.3 is 5.97 Å². The van der Waals surface area contributed by atoms with Crippen molar-refractivity contribution in [1.82, 2.24) is 0 Å². The van der Waals surface area contributed by atoms with E-state index in [2.05, 4.69) is 6.92 Å². The van der Waals surface area contributed by atoms with Gasteiger partial charge in [-0.25, -0.2) is 0 Å². The molecule has 0 spiro atoms. The second-order valence-corrected chi connectivity index (χ2v) is 6.43. The quantitative estimate of drug-likeness (QED) is 0.690. The molecule has 0 radical (unpaired) electrons. The van der Waals surface area contributed by atoms with Crippen molar-refractivity contribution in [2.75, 3.05) is 0 Å². The van der Waals surface area contributed by atoms with E-state index in [0.29, 0.717) is 0 Å². The summed E-state index contributed by atoms with van der Waals surface area (Å²) in [5, 5.41) is 0. The van der Waals surface area contributed by atoms with E-state index >= 15 is 0 Å². The molecule has 2 aliphatic rings. The Labute approximate surface area is 111 Å². The van der Waals surface area contributed by atoms with Crippen LogP contribution < -0.4 is 0 Å². The lowest BCUT2D eigenvalue weighted by Crippen LogP contribution is -2.43. The summed E-state index contributed by atoms with van der Waals surface area (Å²) in [6.45, 7) is 3.79. The minimum atomic E-state index is -0.111. The van der Waals surface area contributed by atoms with Crippen molar-refractivity contribution in [3.8, 4) is 0 Å². The zero-order valence-electron chi connectivity index (χ0n) is 12.0. The highest BCUT2D eigenvalue weighted by atomic mass is 16.6. The molecule has 2 heteroatoms. The van der Waals surface area contributed by atoms with Gasteiger partial charge in [0.1, 0.15) is 5.60 Å². The normalized spacial score (nSPS) is 35.9. The Bertz CT molecular complexity index is 287. The topological polar surface area (TPSA) is 26.3 Å². The van der Waals surface area contributed by atoms with Gasteiger partial charge in [0.05, 0.1) is 0 Å². The van der Waals surface area contributed by atoms with Crippen molar-refractivity contribution in [2.45, 2.75) is 83.7 Å². The largest absolute Gasteiger partial charge is 0.459 e. The fourth-order valence-electron chi connectivity index (χ4n) is 4.14. The van der Waals surface area contributed by atoms with Crippen LogP contribution in [0.15, 0.2) is 0 Å². The summed E-state index contributed by atoms with van der Waals surface area (Å²) in [5.41, 5.74) is -0.111. The average molecular weight is 252 g/mol. The number of carbonyl (C=O) groups is 1. The van der Waals surface area contributed by atoms with Gasteiger partial charge in [-0.05, 0) is 43.9 Å². The summed E-state index contributed by atoms with van der Waals surface area (Å²) in [5.74, 6) is 1.66. The van der Waals surface area contributed by atoms with E-state index in [1.807, 2.05) is 0 Å². The third-order valence-electron chi connectivity index (χ3n) is 5.02. The van der Waals surface area contributed by atoms with Crippen molar-refractivity contribution >= 4 is 5.97 Å². The standard InChI is InChI=1S/C16H28O2/c1-3-4-10-16(18-13(2)17)11-9-14-7-5-6-8-15(14)12-16/h14-15H,3-12H2,1-2H3. The van der Waals surface area contributed by atoms with Crippen LogP contribution in [-0.2, 0) is 9.53 Å². The fraction of sp³-hybridized carbons (Fsp3) is 0.938. The Morgan fingerprint density at radius 3 is 2.61 bits per heavy atom. The van der Waals surface area contributed by atoms with E-state index in [-0.39, 0.29) is 11.6 Å². The Kier molecular flexibility index (Phi) is 4.69. The van der Waals surface area contributed by atoms with Crippen molar-refractivity contribution in [2.24, 2.45) is 11.8 Å². The molecule has 0 N–H and O–H groups in total. The maximum absolute atomic E-state index is 11.4. The van der Waals surface area contributed by atoms with Gasteiger partial charge in [-0.15, -0.1) is 0 Å². The molecule has 2 aliphatic carbocycles. The molecule has 2 fully saturated rings. The first kappa shape index (κ1) is 13.9. The first-order valence-corrected chi connectivity index (χ1v) is 7.85. The average Bonchev–Trinajstić information content (AvgIpc) is 2.35. The predicted molar refractivity (Wildman–Crippen MR) is 73.3 cm³/mol. The highest BCUT2D eigenvalue weighted by Crippen LogP contribution is 2.47. The lowest BCUT2D eigenvalue weighted by atomic mass is 9.64. The van der Waals surface area contributed by atoms with Gasteiger partial charge in [0.25, 0.3) is 0 Å². The maximum atomic E-state index is 11.4. The molecule has 0 aromatic carbocycles. The number of hydrogen-bond acceptors (Lipinski definition) is 2. The van der Waals surface area contributed by atoms with Crippen LogP contribution in [0.4, 0.5) is 0 Å². The molecule has 0 amide bonds. The first-order valence-electron chi connectivity index (χ1n) is 7.85. The van der Waals surface area contributed by atoms with Crippen molar-refractivity contribution in [1.29, 1.82) is 0 Å². The summed E-state index contributed by atoms with van der Waals surface area (Å²) in [6.07, 6.45) is 12.5. The zero-order valence-corrected chi connectivity index (χ0v) is 12.0. The lowest BCUT2D eigenvalue weighted by Gasteiger charge is -2.46. The van der Waals surface area contributed by atoms with Crippen molar-refractivity contribution in [3.05, 3.63) is 0 Å². The summed E-state index contributed by atoms with van der Waals surface area (Å²) in [6, 6.07) is 0. The van der Waals surface area contributed by atoms with Crippen LogP contribution in [-0.4, -0.2) is 11.6 Å². The highest BCUT2D eigenvalue weighted by Gasteiger charge is 2.43. The molecule has 0 aromatic heterocycles. The van der Waals surface area contributed by atoms with Crippen LogP contribution in [0.5, 0.6) is 0 Å². The second-order valence-electron chi connectivity index (χ2n) is 6.43. The molecule has 0 saturated heterocycles. The zero-order chi connectivity index (χ0) is 13.0. The molecule has 18 heavy (non-hydrogen) atoms. The minimum Gasteiger partial charge on any atom is -0.459 e.